The van der Waals surface area contributed by atoms with E-state index in [2.05, 4.69) is 10.6 Å². The molecule has 8 nitrogen and oxygen atoms in total. The van der Waals surface area contributed by atoms with Gasteiger partial charge in [0, 0.05) is 18.2 Å². The first kappa shape index (κ1) is 25.5. The Labute approximate surface area is 217 Å². The molecule has 37 heavy (non-hydrogen) atoms. The number of nitrogens with zero attached hydrogens (tertiary/aromatic N) is 1. The molecule has 0 aliphatic carbocycles. The first-order valence-electron chi connectivity index (χ1n) is 11.1. The van der Waals surface area contributed by atoms with Crippen molar-refractivity contribution in [3.8, 4) is 11.5 Å². The van der Waals surface area contributed by atoms with Crippen LogP contribution >= 0.6 is 12.2 Å². The molecule has 0 radical (unpaired) electrons. The number of hydrogen-bond donors (Lipinski definition) is 2. The van der Waals surface area contributed by atoms with Crippen LogP contribution in [-0.4, -0.2) is 29.9 Å². The number of rotatable bonds is 7. The van der Waals surface area contributed by atoms with E-state index in [4.69, 9.17) is 21.7 Å². The monoisotopic (exact) mass is 519 g/mol. The fourth-order valence-electron chi connectivity index (χ4n) is 3.65. The van der Waals surface area contributed by atoms with E-state index in [1.807, 2.05) is 0 Å². The fourth-order valence-corrected chi connectivity index (χ4v) is 3.93. The minimum Gasteiger partial charge on any atom is -0.496 e. The Morgan fingerprint density at radius 2 is 1.78 bits per heavy atom. The van der Waals surface area contributed by atoms with E-state index in [0.29, 0.717) is 34.0 Å². The highest BCUT2D eigenvalue weighted by atomic mass is 32.1. The summed E-state index contributed by atoms with van der Waals surface area (Å²) in [4.78, 5) is 38.1. The van der Waals surface area contributed by atoms with Crippen molar-refractivity contribution >= 4 is 52.5 Å². The highest BCUT2D eigenvalue weighted by Gasteiger charge is 2.34. The lowest BCUT2D eigenvalue weighted by molar-refractivity contribution is -0.122. The van der Waals surface area contributed by atoms with Gasteiger partial charge in [-0.25, -0.2) is 4.39 Å². The SMILES string of the molecule is COc1ccc(C=C2C(=O)NC(=S)N(c3ccc(F)cc3)C2=O)cc1COc1ccc(NC(C)=O)cc1. The minimum absolute atomic E-state index is 0.0906. The van der Waals surface area contributed by atoms with Crippen LogP contribution in [0.25, 0.3) is 6.08 Å². The van der Waals surface area contributed by atoms with Gasteiger partial charge in [0.15, 0.2) is 5.11 Å². The second-order valence-electron chi connectivity index (χ2n) is 8.00. The van der Waals surface area contributed by atoms with Gasteiger partial charge in [0.05, 0.1) is 12.8 Å². The van der Waals surface area contributed by atoms with Gasteiger partial charge in [0.2, 0.25) is 5.91 Å². The first-order valence-corrected chi connectivity index (χ1v) is 11.5. The van der Waals surface area contributed by atoms with E-state index in [1.54, 1.807) is 42.5 Å². The summed E-state index contributed by atoms with van der Waals surface area (Å²) in [6, 6.07) is 17.3. The molecule has 3 aromatic rings. The predicted octanol–water partition coefficient (Wildman–Crippen LogP) is 4.20. The van der Waals surface area contributed by atoms with Gasteiger partial charge in [-0.05, 0) is 84.5 Å². The van der Waals surface area contributed by atoms with Gasteiger partial charge in [0.25, 0.3) is 11.8 Å². The number of methoxy groups -OCH3 is 1. The zero-order chi connectivity index (χ0) is 26.5. The molecule has 0 aromatic heterocycles. The third kappa shape index (κ3) is 5.99. The molecule has 3 amide bonds. The van der Waals surface area contributed by atoms with E-state index in [1.165, 1.54) is 44.4 Å². The summed E-state index contributed by atoms with van der Waals surface area (Å²) in [5.74, 6) is -0.766. The Balaban J connectivity index is 1.57. The van der Waals surface area contributed by atoms with Crippen molar-refractivity contribution in [2.75, 3.05) is 17.3 Å². The molecule has 2 N–H and O–H groups in total. The zero-order valence-corrected chi connectivity index (χ0v) is 20.7. The number of anilines is 2. The van der Waals surface area contributed by atoms with Crippen LogP contribution in [0.4, 0.5) is 15.8 Å². The minimum atomic E-state index is -0.638. The smallest absolute Gasteiger partial charge is 0.270 e. The van der Waals surface area contributed by atoms with Crippen molar-refractivity contribution in [2.24, 2.45) is 0 Å². The Morgan fingerprint density at radius 1 is 1.08 bits per heavy atom. The summed E-state index contributed by atoms with van der Waals surface area (Å²) < 4.78 is 24.7. The van der Waals surface area contributed by atoms with E-state index < -0.39 is 17.6 Å². The predicted molar refractivity (Wildman–Crippen MR) is 141 cm³/mol. The standard InChI is InChI=1S/C27H22FN3O5S/c1-16(32)29-20-6-10-22(11-7-20)36-15-18-13-17(3-12-24(18)35-2)14-23-25(33)30-27(37)31(26(23)34)21-8-4-19(28)5-9-21/h3-14H,15H2,1-2H3,(H,29,32)(H,30,33,37). The van der Waals surface area contributed by atoms with Crippen molar-refractivity contribution in [1.82, 2.24) is 5.32 Å². The Kier molecular flexibility index (Phi) is 7.59. The van der Waals surface area contributed by atoms with Crippen molar-refractivity contribution in [2.45, 2.75) is 13.5 Å². The van der Waals surface area contributed by atoms with Gasteiger partial charge in [-0.2, -0.15) is 0 Å². The maximum atomic E-state index is 13.4. The molecule has 0 saturated carbocycles. The van der Waals surface area contributed by atoms with Gasteiger partial charge >= 0.3 is 0 Å². The number of benzene rings is 3. The van der Waals surface area contributed by atoms with Gasteiger partial charge in [0.1, 0.15) is 29.5 Å². The first-order chi connectivity index (χ1) is 17.7. The van der Waals surface area contributed by atoms with Crippen molar-refractivity contribution in [1.29, 1.82) is 0 Å². The van der Waals surface area contributed by atoms with Gasteiger partial charge in [-0.3, -0.25) is 24.6 Å². The Morgan fingerprint density at radius 3 is 2.43 bits per heavy atom. The van der Waals surface area contributed by atoms with Gasteiger partial charge in [-0.1, -0.05) is 6.07 Å². The number of thiocarbonyl (C=S) groups is 1. The summed E-state index contributed by atoms with van der Waals surface area (Å²) in [6.45, 7) is 1.57. The molecule has 1 aliphatic heterocycles. The summed E-state index contributed by atoms with van der Waals surface area (Å²) in [7, 11) is 1.53. The largest absolute Gasteiger partial charge is 0.496 e. The molecule has 1 heterocycles. The molecule has 1 fully saturated rings. The maximum Gasteiger partial charge on any atom is 0.270 e. The van der Waals surface area contributed by atoms with Crippen LogP contribution < -0.4 is 25.0 Å². The van der Waals surface area contributed by atoms with Crippen molar-refractivity contribution in [3.63, 3.8) is 0 Å². The molecule has 10 heteroatoms. The average Bonchev–Trinajstić information content (AvgIpc) is 2.87. The molecule has 4 rings (SSSR count). The summed E-state index contributed by atoms with van der Waals surface area (Å²) in [5, 5.41) is 5.10. The summed E-state index contributed by atoms with van der Waals surface area (Å²) in [6.07, 6.45) is 1.45. The third-order valence-corrected chi connectivity index (χ3v) is 5.66. The third-order valence-electron chi connectivity index (χ3n) is 5.37. The molecule has 0 spiro atoms. The fraction of sp³-hybridized carbons (Fsp3) is 0.111. The normalized spacial score (nSPS) is 14.4. The number of amides is 3. The van der Waals surface area contributed by atoms with Crippen LogP contribution in [0, 0.1) is 5.82 Å². The highest BCUT2D eigenvalue weighted by Crippen LogP contribution is 2.26. The molecule has 0 unspecified atom stereocenters. The van der Waals surface area contributed by atoms with E-state index in [9.17, 15) is 18.8 Å². The second-order valence-corrected chi connectivity index (χ2v) is 8.39. The van der Waals surface area contributed by atoms with E-state index in [0.717, 1.165) is 4.90 Å². The Hall–Kier alpha value is -4.57. The maximum absolute atomic E-state index is 13.4. The number of carbonyl (C=O) groups excluding carboxylic acids is 3. The van der Waals surface area contributed by atoms with Crippen LogP contribution in [0.15, 0.2) is 72.3 Å². The van der Waals surface area contributed by atoms with Gasteiger partial charge < -0.3 is 14.8 Å². The molecule has 1 saturated heterocycles. The lowest BCUT2D eigenvalue weighted by Gasteiger charge is -2.28. The summed E-state index contributed by atoms with van der Waals surface area (Å²) >= 11 is 5.18. The van der Waals surface area contributed by atoms with Crippen molar-refractivity contribution < 1.29 is 28.2 Å². The highest BCUT2D eigenvalue weighted by molar-refractivity contribution is 7.80. The van der Waals surface area contributed by atoms with Crippen molar-refractivity contribution in [3.05, 3.63) is 89.2 Å². The number of carbonyl (C=O) groups is 3. The van der Waals surface area contributed by atoms with E-state index >= 15 is 0 Å². The van der Waals surface area contributed by atoms with Crippen LogP contribution in [0.2, 0.25) is 0 Å². The number of ether oxygens (including phenoxy) is 2. The Bertz CT molecular complexity index is 1400. The molecular formula is C27H22FN3O5S. The van der Waals surface area contributed by atoms with Crippen LogP contribution in [0.5, 0.6) is 11.5 Å². The quantitative estimate of drug-likeness (QED) is 0.276. The lowest BCUT2D eigenvalue weighted by atomic mass is 10.0. The van der Waals surface area contributed by atoms with Crippen LogP contribution in [0.1, 0.15) is 18.1 Å². The zero-order valence-electron chi connectivity index (χ0n) is 19.9. The number of hydrogen-bond acceptors (Lipinski definition) is 6. The topological polar surface area (TPSA) is 97.0 Å². The molecule has 3 aromatic carbocycles. The molecule has 188 valence electrons. The number of halogens is 1. The molecule has 1 aliphatic rings. The average molecular weight is 520 g/mol. The second kappa shape index (κ2) is 11.0. The molecule has 0 atom stereocenters. The summed E-state index contributed by atoms with van der Waals surface area (Å²) in [5.41, 5.74) is 2.08. The number of nitrogens with one attached hydrogen (secondary N) is 2. The molecular weight excluding hydrogens is 497 g/mol. The van der Waals surface area contributed by atoms with E-state index in [-0.39, 0.29) is 23.2 Å². The van der Waals surface area contributed by atoms with Crippen LogP contribution in [0.3, 0.4) is 0 Å². The lowest BCUT2D eigenvalue weighted by Crippen LogP contribution is -2.54. The van der Waals surface area contributed by atoms with Gasteiger partial charge in [-0.15, -0.1) is 0 Å². The molecule has 0 bridgehead atoms. The van der Waals surface area contributed by atoms with Crippen LogP contribution in [-0.2, 0) is 21.0 Å².